The van der Waals surface area contributed by atoms with Crippen molar-refractivity contribution in [1.29, 1.82) is 0 Å². The van der Waals surface area contributed by atoms with Crippen molar-refractivity contribution >= 4 is 0 Å². The molecule has 1 unspecified atom stereocenters. The van der Waals surface area contributed by atoms with Gasteiger partial charge in [0.1, 0.15) is 0 Å². The Morgan fingerprint density at radius 1 is 1.25 bits per heavy atom. The highest BCUT2D eigenvalue weighted by Gasteiger charge is 2.08. The molecular weight excluding hydrogens is 150 g/mol. The molecule has 0 aromatic rings. The van der Waals surface area contributed by atoms with Crippen LogP contribution in [0, 0.1) is 0 Å². The van der Waals surface area contributed by atoms with Crippen molar-refractivity contribution in [2.75, 3.05) is 19.8 Å². The molecule has 1 saturated heterocycles. The lowest BCUT2D eigenvalue weighted by atomic mass is 10.2. The van der Waals surface area contributed by atoms with Gasteiger partial charge in [-0.05, 0) is 6.42 Å². The summed E-state index contributed by atoms with van der Waals surface area (Å²) in [4.78, 5) is 0. The van der Waals surface area contributed by atoms with Crippen LogP contribution in [-0.2, 0) is 4.74 Å². The molecule has 1 fully saturated rings. The minimum atomic E-state index is 0.615. The number of hydrogen-bond acceptors (Lipinski definition) is 2. The van der Waals surface area contributed by atoms with Gasteiger partial charge in [0, 0.05) is 12.6 Å². The molecule has 12 heavy (non-hydrogen) atoms. The summed E-state index contributed by atoms with van der Waals surface area (Å²) in [5, 5.41) is 3.34. The van der Waals surface area contributed by atoms with Crippen LogP contribution in [0.2, 0.25) is 0 Å². The van der Waals surface area contributed by atoms with Crippen LogP contribution < -0.4 is 5.32 Å². The van der Waals surface area contributed by atoms with Crippen LogP contribution in [0.25, 0.3) is 0 Å². The lowest BCUT2D eigenvalue weighted by Crippen LogP contribution is -2.40. The molecule has 1 N–H and O–H groups in total. The Kier molecular flexibility index (Phi) is 16.3. The maximum absolute atomic E-state index is 5.21. The van der Waals surface area contributed by atoms with Crippen molar-refractivity contribution in [3.8, 4) is 0 Å². The second-order valence-electron chi connectivity index (χ2n) is 2.13. The molecule has 76 valence electrons. The van der Waals surface area contributed by atoms with E-state index in [0.717, 1.165) is 19.8 Å². The predicted octanol–water partition coefficient (Wildman–Crippen LogP) is 2.44. The molecular formula is C10H25NO. The first-order valence-corrected chi connectivity index (χ1v) is 5.24. The summed E-state index contributed by atoms with van der Waals surface area (Å²) in [5.41, 5.74) is 0. The fraction of sp³-hybridized carbons (Fsp3) is 1.00. The van der Waals surface area contributed by atoms with E-state index in [1.54, 1.807) is 0 Å². The molecule has 0 radical (unpaired) electrons. The van der Waals surface area contributed by atoms with Crippen LogP contribution in [0.3, 0.4) is 0 Å². The highest BCUT2D eigenvalue weighted by Crippen LogP contribution is 1.95. The van der Waals surface area contributed by atoms with E-state index in [1.807, 2.05) is 27.7 Å². The Morgan fingerprint density at radius 2 is 1.83 bits per heavy atom. The Bertz CT molecular complexity index is 60.9. The van der Waals surface area contributed by atoms with Crippen molar-refractivity contribution in [1.82, 2.24) is 5.32 Å². The van der Waals surface area contributed by atoms with E-state index < -0.39 is 0 Å². The number of ether oxygens (including phenoxy) is 1. The van der Waals surface area contributed by atoms with Crippen LogP contribution in [-0.4, -0.2) is 25.8 Å². The smallest absolute Gasteiger partial charge is 0.0620 e. The van der Waals surface area contributed by atoms with Crippen molar-refractivity contribution in [2.45, 2.75) is 47.1 Å². The predicted molar refractivity (Wildman–Crippen MR) is 55.6 cm³/mol. The average molecular weight is 175 g/mol. The van der Waals surface area contributed by atoms with Crippen molar-refractivity contribution < 1.29 is 4.74 Å². The molecule has 1 rings (SSSR count). The highest BCUT2D eigenvalue weighted by atomic mass is 16.5. The first kappa shape index (κ1) is 14.4. The van der Waals surface area contributed by atoms with Gasteiger partial charge in [-0.2, -0.15) is 0 Å². The number of morpholine rings is 1. The molecule has 1 aliphatic rings. The van der Waals surface area contributed by atoms with E-state index in [-0.39, 0.29) is 0 Å². The molecule has 1 atom stereocenters. The average Bonchev–Trinajstić information content (AvgIpc) is 2.25. The monoisotopic (exact) mass is 175 g/mol. The van der Waals surface area contributed by atoms with Gasteiger partial charge in [0.15, 0.2) is 0 Å². The lowest BCUT2D eigenvalue weighted by molar-refractivity contribution is 0.0758. The minimum Gasteiger partial charge on any atom is -0.379 e. The molecule has 0 saturated carbocycles. The van der Waals surface area contributed by atoms with Crippen molar-refractivity contribution in [2.24, 2.45) is 0 Å². The zero-order chi connectivity index (χ0) is 9.82. The first-order chi connectivity index (χ1) is 5.93. The van der Waals surface area contributed by atoms with E-state index in [9.17, 15) is 0 Å². The third-order valence-electron chi connectivity index (χ3n) is 1.49. The maximum atomic E-state index is 5.21. The number of rotatable bonds is 1. The molecule has 0 aromatic carbocycles. The molecule has 2 heteroatoms. The summed E-state index contributed by atoms with van der Waals surface area (Å²) < 4.78 is 5.21. The molecule has 1 heterocycles. The standard InChI is InChI=1S/C6H13NO.2C2H6/c1-2-6-5-8-4-3-7-6;2*1-2/h6-7H,2-5H2,1H3;2*1-2H3. The van der Waals surface area contributed by atoms with Gasteiger partial charge in [0.2, 0.25) is 0 Å². The largest absolute Gasteiger partial charge is 0.379 e. The van der Waals surface area contributed by atoms with E-state index in [4.69, 9.17) is 4.74 Å². The van der Waals surface area contributed by atoms with Crippen LogP contribution in [0.1, 0.15) is 41.0 Å². The van der Waals surface area contributed by atoms with Gasteiger partial charge in [0.25, 0.3) is 0 Å². The fourth-order valence-electron chi connectivity index (χ4n) is 0.882. The third kappa shape index (κ3) is 8.02. The van der Waals surface area contributed by atoms with Crippen LogP contribution in [0.4, 0.5) is 0 Å². The van der Waals surface area contributed by atoms with Gasteiger partial charge in [0.05, 0.1) is 13.2 Å². The zero-order valence-corrected chi connectivity index (χ0v) is 9.31. The van der Waals surface area contributed by atoms with Crippen LogP contribution in [0.15, 0.2) is 0 Å². The molecule has 0 aromatic heterocycles. The number of nitrogens with one attached hydrogen (secondary N) is 1. The summed E-state index contributed by atoms with van der Waals surface area (Å²) in [7, 11) is 0. The van der Waals surface area contributed by atoms with Gasteiger partial charge < -0.3 is 10.1 Å². The van der Waals surface area contributed by atoms with Crippen LogP contribution >= 0.6 is 0 Å². The summed E-state index contributed by atoms with van der Waals surface area (Å²) in [6.45, 7) is 13.0. The minimum absolute atomic E-state index is 0.615. The van der Waals surface area contributed by atoms with Gasteiger partial charge >= 0.3 is 0 Å². The molecule has 2 nitrogen and oxygen atoms in total. The van der Waals surface area contributed by atoms with Gasteiger partial charge in [-0.3, -0.25) is 0 Å². The Hall–Kier alpha value is -0.0800. The lowest BCUT2D eigenvalue weighted by Gasteiger charge is -2.21. The zero-order valence-electron chi connectivity index (χ0n) is 9.31. The summed E-state index contributed by atoms with van der Waals surface area (Å²) >= 11 is 0. The topological polar surface area (TPSA) is 21.3 Å². The van der Waals surface area contributed by atoms with Gasteiger partial charge in [-0.15, -0.1) is 0 Å². The van der Waals surface area contributed by atoms with Crippen molar-refractivity contribution in [3.63, 3.8) is 0 Å². The second kappa shape index (κ2) is 13.5. The van der Waals surface area contributed by atoms with Crippen molar-refractivity contribution in [3.05, 3.63) is 0 Å². The second-order valence-corrected chi connectivity index (χ2v) is 2.13. The van der Waals surface area contributed by atoms with E-state index in [0.29, 0.717) is 6.04 Å². The SMILES string of the molecule is CC.CC.CCC1COCCN1. The van der Waals surface area contributed by atoms with E-state index in [1.165, 1.54) is 6.42 Å². The molecule has 0 bridgehead atoms. The summed E-state index contributed by atoms with van der Waals surface area (Å²) in [6, 6.07) is 0.615. The molecule has 0 amide bonds. The molecule has 0 spiro atoms. The number of hydrogen-bond donors (Lipinski definition) is 1. The Labute approximate surface area is 77.7 Å². The van der Waals surface area contributed by atoms with Crippen LogP contribution in [0.5, 0.6) is 0 Å². The summed E-state index contributed by atoms with van der Waals surface area (Å²) in [5.74, 6) is 0. The summed E-state index contributed by atoms with van der Waals surface area (Å²) in [6.07, 6.45) is 1.18. The van der Waals surface area contributed by atoms with Gasteiger partial charge in [-0.25, -0.2) is 0 Å². The quantitative estimate of drug-likeness (QED) is 0.661. The Balaban J connectivity index is 0. The van der Waals surface area contributed by atoms with E-state index in [2.05, 4.69) is 12.2 Å². The highest BCUT2D eigenvalue weighted by molar-refractivity contribution is 4.66. The third-order valence-corrected chi connectivity index (χ3v) is 1.49. The Morgan fingerprint density at radius 3 is 2.08 bits per heavy atom. The van der Waals surface area contributed by atoms with Gasteiger partial charge in [-0.1, -0.05) is 34.6 Å². The molecule has 1 aliphatic heterocycles. The van der Waals surface area contributed by atoms with E-state index >= 15 is 0 Å². The molecule has 0 aliphatic carbocycles. The fourth-order valence-corrected chi connectivity index (χ4v) is 0.882. The normalized spacial score (nSPS) is 21.2. The first-order valence-electron chi connectivity index (χ1n) is 5.24. The maximum Gasteiger partial charge on any atom is 0.0620 e.